The molecular weight excluding hydrogens is 208 g/mol. The summed E-state index contributed by atoms with van der Waals surface area (Å²) >= 11 is 1.57. The molecule has 1 rings (SSSR count). The zero-order chi connectivity index (χ0) is 11.4. The first-order chi connectivity index (χ1) is 7.04. The summed E-state index contributed by atoms with van der Waals surface area (Å²) in [6, 6.07) is 2.00. The topological polar surface area (TPSA) is 32.3 Å². The second-order valence-corrected chi connectivity index (χ2v) is 5.03. The van der Waals surface area contributed by atoms with E-state index in [2.05, 4.69) is 19.3 Å². The van der Waals surface area contributed by atoms with E-state index in [1.807, 2.05) is 20.2 Å². The van der Waals surface area contributed by atoms with Crippen LogP contribution in [0.3, 0.4) is 0 Å². The maximum absolute atomic E-state index is 11.7. The number of carbonyl (C=O) groups excluding carboxylic acids is 1. The van der Waals surface area contributed by atoms with Crippen molar-refractivity contribution < 1.29 is 4.79 Å². The number of hydrogen-bond donors (Lipinski definition) is 1. The maximum Gasteiger partial charge on any atom is 0.275 e. The monoisotopic (exact) mass is 226 g/mol. The summed E-state index contributed by atoms with van der Waals surface area (Å²) < 4.78 is 0. The highest BCUT2D eigenvalue weighted by atomic mass is 32.1. The highest BCUT2D eigenvalue weighted by Gasteiger charge is 2.11. The zero-order valence-electron chi connectivity index (χ0n) is 9.76. The molecule has 0 unspecified atom stereocenters. The van der Waals surface area contributed by atoms with Gasteiger partial charge in [-0.1, -0.05) is 13.3 Å². The second-order valence-electron chi connectivity index (χ2n) is 3.78. The molecule has 1 amide bonds. The van der Waals surface area contributed by atoms with Gasteiger partial charge in [-0.25, -0.2) is 5.01 Å². The van der Waals surface area contributed by atoms with E-state index in [4.69, 9.17) is 0 Å². The van der Waals surface area contributed by atoms with Crippen molar-refractivity contribution >= 4 is 17.2 Å². The van der Waals surface area contributed by atoms with Crippen LogP contribution in [0.4, 0.5) is 0 Å². The van der Waals surface area contributed by atoms with Crippen LogP contribution in [0.25, 0.3) is 0 Å². The quantitative estimate of drug-likeness (QED) is 0.798. The van der Waals surface area contributed by atoms with Crippen LogP contribution in [-0.4, -0.2) is 25.0 Å². The van der Waals surface area contributed by atoms with Crippen LogP contribution in [0, 0.1) is 6.92 Å². The lowest BCUT2D eigenvalue weighted by Gasteiger charge is -2.09. The van der Waals surface area contributed by atoms with E-state index in [0.717, 1.165) is 17.7 Å². The van der Waals surface area contributed by atoms with E-state index in [-0.39, 0.29) is 5.91 Å². The third-order valence-electron chi connectivity index (χ3n) is 2.09. The lowest BCUT2D eigenvalue weighted by atomic mass is 10.1. The van der Waals surface area contributed by atoms with E-state index < -0.39 is 0 Å². The molecule has 3 nitrogen and oxygen atoms in total. The van der Waals surface area contributed by atoms with Crippen molar-refractivity contribution in [1.82, 2.24) is 10.4 Å². The first kappa shape index (κ1) is 12.2. The van der Waals surface area contributed by atoms with Crippen molar-refractivity contribution in [2.45, 2.75) is 26.7 Å². The fraction of sp³-hybridized carbons (Fsp3) is 0.545. The second kappa shape index (κ2) is 5.28. The highest BCUT2D eigenvalue weighted by molar-refractivity contribution is 7.14. The average molecular weight is 226 g/mol. The van der Waals surface area contributed by atoms with E-state index >= 15 is 0 Å². The van der Waals surface area contributed by atoms with Crippen LogP contribution >= 0.6 is 11.3 Å². The summed E-state index contributed by atoms with van der Waals surface area (Å²) in [4.78, 5) is 13.7. The van der Waals surface area contributed by atoms with Gasteiger partial charge in [-0.3, -0.25) is 10.2 Å². The molecule has 0 radical (unpaired) electrons. The molecule has 0 atom stereocenters. The molecule has 0 bridgehead atoms. The van der Waals surface area contributed by atoms with Crippen molar-refractivity contribution in [2.24, 2.45) is 0 Å². The van der Waals surface area contributed by atoms with E-state index in [1.54, 1.807) is 16.3 Å². The van der Waals surface area contributed by atoms with Crippen LogP contribution in [0.15, 0.2) is 6.07 Å². The number of hydrogen-bond acceptors (Lipinski definition) is 3. The molecule has 0 spiro atoms. The minimum absolute atomic E-state index is 0.0181. The van der Waals surface area contributed by atoms with Gasteiger partial charge in [-0.05, 0) is 25.0 Å². The molecule has 0 aliphatic rings. The Morgan fingerprint density at radius 1 is 1.53 bits per heavy atom. The molecule has 0 aliphatic carbocycles. The highest BCUT2D eigenvalue weighted by Crippen LogP contribution is 2.22. The molecular formula is C11H18N2OS. The Morgan fingerprint density at radius 2 is 2.20 bits per heavy atom. The smallest absolute Gasteiger partial charge is 0.275 e. The van der Waals surface area contributed by atoms with Crippen LogP contribution in [-0.2, 0) is 6.42 Å². The van der Waals surface area contributed by atoms with Crippen molar-refractivity contribution in [3.8, 4) is 0 Å². The Labute approximate surface area is 95.1 Å². The van der Waals surface area contributed by atoms with E-state index in [0.29, 0.717) is 0 Å². The maximum atomic E-state index is 11.7. The first-order valence-electron chi connectivity index (χ1n) is 5.12. The minimum atomic E-state index is -0.0181. The summed E-state index contributed by atoms with van der Waals surface area (Å²) in [5.41, 5.74) is 4.04. The number of carbonyl (C=O) groups is 1. The minimum Gasteiger partial charge on any atom is -0.285 e. The van der Waals surface area contributed by atoms with Crippen LogP contribution < -0.4 is 5.43 Å². The van der Waals surface area contributed by atoms with Gasteiger partial charge < -0.3 is 0 Å². The van der Waals surface area contributed by atoms with Gasteiger partial charge in [-0.15, -0.1) is 11.3 Å². The third kappa shape index (κ3) is 3.32. The largest absolute Gasteiger partial charge is 0.285 e. The van der Waals surface area contributed by atoms with Crippen molar-refractivity contribution in [2.75, 3.05) is 14.1 Å². The molecule has 0 aliphatic heterocycles. The third-order valence-corrected chi connectivity index (χ3v) is 3.18. The molecule has 0 aromatic carbocycles. The molecule has 0 saturated carbocycles. The van der Waals surface area contributed by atoms with Crippen molar-refractivity contribution in [3.05, 3.63) is 21.4 Å². The number of aryl methyl sites for hydroxylation is 2. The fourth-order valence-corrected chi connectivity index (χ4v) is 2.37. The Morgan fingerprint density at radius 3 is 2.73 bits per heavy atom. The fourth-order valence-electron chi connectivity index (χ4n) is 1.41. The molecule has 1 N–H and O–H groups in total. The van der Waals surface area contributed by atoms with Gasteiger partial charge in [-0.2, -0.15) is 0 Å². The van der Waals surface area contributed by atoms with Crippen LogP contribution in [0.5, 0.6) is 0 Å². The van der Waals surface area contributed by atoms with Crippen molar-refractivity contribution in [1.29, 1.82) is 0 Å². The molecule has 4 heteroatoms. The Balaban J connectivity index is 2.78. The molecule has 1 aromatic heterocycles. The average Bonchev–Trinajstić information content (AvgIpc) is 2.47. The summed E-state index contributed by atoms with van der Waals surface area (Å²) in [5.74, 6) is -0.0181. The van der Waals surface area contributed by atoms with Crippen LogP contribution in [0.1, 0.15) is 33.5 Å². The van der Waals surface area contributed by atoms with Gasteiger partial charge in [0.15, 0.2) is 0 Å². The van der Waals surface area contributed by atoms with Crippen LogP contribution in [0.2, 0.25) is 0 Å². The Bertz CT molecular complexity index is 344. The van der Waals surface area contributed by atoms with Gasteiger partial charge >= 0.3 is 0 Å². The van der Waals surface area contributed by atoms with Gasteiger partial charge in [0, 0.05) is 19.0 Å². The lowest BCUT2D eigenvalue weighted by Crippen LogP contribution is -2.35. The molecule has 84 valence electrons. The molecule has 0 saturated heterocycles. The molecule has 1 heterocycles. The molecule has 0 fully saturated rings. The summed E-state index contributed by atoms with van der Waals surface area (Å²) in [6.07, 6.45) is 2.17. The number of nitrogens with one attached hydrogen (secondary N) is 1. The van der Waals surface area contributed by atoms with Gasteiger partial charge in [0.1, 0.15) is 0 Å². The normalized spacial score (nSPS) is 10.7. The summed E-state index contributed by atoms with van der Waals surface area (Å²) in [6.45, 7) is 4.22. The zero-order valence-corrected chi connectivity index (χ0v) is 10.6. The van der Waals surface area contributed by atoms with Crippen molar-refractivity contribution in [3.63, 3.8) is 0 Å². The van der Waals surface area contributed by atoms with Gasteiger partial charge in [0.2, 0.25) is 0 Å². The summed E-state index contributed by atoms with van der Waals surface area (Å²) in [7, 11) is 3.62. The summed E-state index contributed by atoms with van der Waals surface area (Å²) in [5, 5.41) is 1.66. The van der Waals surface area contributed by atoms with Gasteiger partial charge in [0.25, 0.3) is 5.91 Å². The number of nitrogens with zero attached hydrogens (tertiary/aromatic N) is 1. The van der Waals surface area contributed by atoms with E-state index in [9.17, 15) is 4.79 Å². The van der Waals surface area contributed by atoms with E-state index in [1.165, 1.54) is 10.4 Å². The molecule has 15 heavy (non-hydrogen) atoms. The van der Waals surface area contributed by atoms with Gasteiger partial charge in [0.05, 0.1) is 4.88 Å². The number of amides is 1. The molecule has 1 aromatic rings. The predicted octanol–water partition coefficient (Wildman–Crippen LogP) is 2.22. The SMILES string of the molecule is CCCc1cc(C(=O)NN(C)C)sc1C. The predicted molar refractivity (Wildman–Crippen MR) is 64.2 cm³/mol. The number of thiophene rings is 1. The number of rotatable bonds is 4. The standard InChI is InChI=1S/C11H18N2OS/c1-5-6-9-7-10(15-8(9)2)11(14)12-13(3)4/h7H,5-6H2,1-4H3,(H,12,14). The first-order valence-corrected chi connectivity index (χ1v) is 5.93. The lowest BCUT2D eigenvalue weighted by molar-refractivity contribution is 0.0861. The Hall–Kier alpha value is -0.870. The number of hydrazine groups is 1. The Kier molecular flexibility index (Phi) is 4.29.